The van der Waals surface area contributed by atoms with Crippen molar-refractivity contribution < 1.29 is 0 Å². The molecule has 0 aliphatic carbocycles. The smallest absolute Gasteiger partial charge is 0.0547 e. The van der Waals surface area contributed by atoms with E-state index < -0.39 is 0 Å². The third-order valence-electron chi connectivity index (χ3n) is 8.92. The van der Waals surface area contributed by atoms with Gasteiger partial charge in [-0.1, -0.05) is 115 Å². The SMILES string of the molecule is c1ccc(-c2ccc3ccc(-c4ccc5c(ccc6cc7c(cc65)c5ccccc5n7-c5ccccc5)c4)cc3c2)cc1. The molecule has 0 saturated carbocycles. The van der Waals surface area contributed by atoms with Gasteiger partial charge < -0.3 is 4.57 Å². The zero-order valence-corrected chi connectivity index (χ0v) is 23.5. The average molecular weight is 546 g/mol. The van der Waals surface area contributed by atoms with E-state index in [9.17, 15) is 0 Å². The number of hydrogen-bond donors (Lipinski definition) is 0. The van der Waals surface area contributed by atoms with E-state index in [4.69, 9.17) is 0 Å². The predicted molar refractivity (Wildman–Crippen MR) is 184 cm³/mol. The maximum absolute atomic E-state index is 2.40. The normalized spacial score (nSPS) is 11.7. The summed E-state index contributed by atoms with van der Waals surface area (Å²) in [4.78, 5) is 0. The van der Waals surface area contributed by atoms with Crippen LogP contribution in [0.1, 0.15) is 0 Å². The summed E-state index contributed by atoms with van der Waals surface area (Å²) in [5.74, 6) is 0. The molecule has 0 N–H and O–H groups in total. The molecule has 0 atom stereocenters. The number of benzene rings is 8. The monoisotopic (exact) mass is 545 g/mol. The lowest BCUT2D eigenvalue weighted by atomic mass is 9.94. The molecule has 0 unspecified atom stereocenters. The maximum Gasteiger partial charge on any atom is 0.0547 e. The number of fused-ring (bicyclic) bond motifs is 7. The second kappa shape index (κ2) is 9.44. The molecule has 0 aliphatic rings. The Labute approximate surface area is 249 Å². The summed E-state index contributed by atoms with van der Waals surface area (Å²) in [6, 6.07) is 59.8. The van der Waals surface area contributed by atoms with Crippen LogP contribution in [0.15, 0.2) is 164 Å². The Morgan fingerprint density at radius 2 is 0.860 bits per heavy atom. The fourth-order valence-electron chi connectivity index (χ4n) is 6.80. The third-order valence-corrected chi connectivity index (χ3v) is 8.92. The minimum Gasteiger partial charge on any atom is -0.309 e. The lowest BCUT2D eigenvalue weighted by Crippen LogP contribution is -1.93. The zero-order valence-electron chi connectivity index (χ0n) is 23.5. The first-order valence-electron chi connectivity index (χ1n) is 14.8. The second-order valence-corrected chi connectivity index (χ2v) is 11.4. The zero-order chi connectivity index (χ0) is 28.3. The summed E-state index contributed by atoms with van der Waals surface area (Å²) in [5.41, 5.74) is 8.62. The Hall–Kier alpha value is -5.66. The molecular weight excluding hydrogens is 518 g/mol. The van der Waals surface area contributed by atoms with Crippen LogP contribution < -0.4 is 0 Å². The Morgan fingerprint density at radius 3 is 1.63 bits per heavy atom. The van der Waals surface area contributed by atoms with Gasteiger partial charge in [0.05, 0.1) is 11.0 Å². The molecule has 9 aromatic rings. The molecule has 0 bridgehead atoms. The van der Waals surface area contributed by atoms with Crippen LogP contribution in [0.5, 0.6) is 0 Å². The highest BCUT2D eigenvalue weighted by Gasteiger charge is 2.14. The number of hydrogen-bond acceptors (Lipinski definition) is 0. The maximum atomic E-state index is 2.40. The topological polar surface area (TPSA) is 4.93 Å². The molecule has 9 rings (SSSR count). The Bertz CT molecular complexity index is 2480. The van der Waals surface area contributed by atoms with Crippen molar-refractivity contribution in [2.75, 3.05) is 0 Å². The van der Waals surface area contributed by atoms with Crippen LogP contribution in [0.4, 0.5) is 0 Å². The molecule has 43 heavy (non-hydrogen) atoms. The molecule has 1 heteroatoms. The molecule has 0 fully saturated rings. The van der Waals surface area contributed by atoms with Crippen molar-refractivity contribution in [3.05, 3.63) is 164 Å². The number of aromatic nitrogens is 1. The van der Waals surface area contributed by atoms with Crippen LogP contribution in [0.2, 0.25) is 0 Å². The molecule has 0 spiro atoms. The molecule has 1 heterocycles. The predicted octanol–water partition coefficient (Wildman–Crippen LogP) is 11.6. The van der Waals surface area contributed by atoms with Crippen molar-refractivity contribution >= 4 is 54.1 Å². The molecular formula is C42H27N. The average Bonchev–Trinajstić information content (AvgIpc) is 3.40. The first-order chi connectivity index (χ1) is 21.3. The van der Waals surface area contributed by atoms with E-state index in [-0.39, 0.29) is 0 Å². The molecule has 200 valence electrons. The van der Waals surface area contributed by atoms with Crippen LogP contribution in [0, 0.1) is 0 Å². The van der Waals surface area contributed by atoms with Crippen molar-refractivity contribution in [3.63, 3.8) is 0 Å². The summed E-state index contributed by atoms with van der Waals surface area (Å²) < 4.78 is 2.39. The molecule has 1 nitrogen and oxygen atoms in total. The lowest BCUT2D eigenvalue weighted by Gasteiger charge is -2.11. The highest BCUT2D eigenvalue weighted by molar-refractivity contribution is 6.18. The second-order valence-electron chi connectivity index (χ2n) is 11.4. The van der Waals surface area contributed by atoms with Gasteiger partial charge in [-0.3, -0.25) is 0 Å². The highest BCUT2D eigenvalue weighted by atomic mass is 15.0. The molecule has 8 aromatic carbocycles. The van der Waals surface area contributed by atoms with Crippen LogP contribution in [-0.2, 0) is 0 Å². The van der Waals surface area contributed by atoms with Gasteiger partial charge in [0, 0.05) is 16.5 Å². The minimum atomic E-state index is 1.18. The van der Waals surface area contributed by atoms with Crippen molar-refractivity contribution in [3.8, 4) is 27.9 Å². The Kier molecular flexibility index (Phi) is 5.27. The number of para-hydroxylation sites is 2. The number of nitrogens with zero attached hydrogens (tertiary/aromatic N) is 1. The van der Waals surface area contributed by atoms with Gasteiger partial charge in [0.1, 0.15) is 0 Å². The van der Waals surface area contributed by atoms with Gasteiger partial charge >= 0.3 is 0 Å². The summed E-state index contributed by atoms with van der Waals surface area (Å²) in [7, 11) is 0. The van der Waals surface area contributed by atoms with E-state index in [0.29, 0.717) is 0 Å². The molecule has 0 aliphatic heterocycles. The Morgan fingerprint density at radius 1 is 0.279 bits per heavy atom. The molecule has 0 saturated heterocycles. The molecule has 0 radical (unpaired) electrons. The van der Waals surface area contributed by atoms with E-state index in [1.807, 2.05) is 0 Å². The van der Waals surface area contributed by atoms with Crippen LogP contribution >= 0.6 is 0 Å². The van der Waals surface area contributed by atoms with Gasteiger partial charge in [-0.15, -0.1) is 0 Å². The fourth-order valence-corrected chi connectivity index (χ4v) is 6.80. The summed E-state index contributed by atoms with van der Waals surface area (Å²) in [6.07, 6.45) is 0. The molecule has 0 amide bonds. The lowest BCUT2D eigenvalue weighted by molar-refractivity contribution is 1.18. The van der Waals surface area contributed by atoms with Gasteiger partial charge in [0.15, 0.2) is 0 Å². The summed E-state index contributed by atoms with van der Waals surface area (Å²) in [6.45, 7) is 0. The summed E-state index contributed by atoms with van der Waals surface area (Å²) in [5, 5.41) is 10.2. The van der Waals surface area contributed by atoms with E-state index in [1.54, 1.807) is 0 Å². The van der Waals surface area contributed by atoms with E-state index >= 15 is 0 Å². The van der Waals surface area contributed by atoms with Crippen LogP contribution in [-0.4, -0.2) is 4.57 Å². The first kappa shape index (κ1) is 24.0. The van der Waals surface area contributed by atoms with Gasteiger partial charge in [-0.05, 0) is 103 Å². The van der Waals surface area contributed by atoms with Gasteiger partial charge in [-0.25, -0.2) is 0 Å². The Balaban J connectivity index is 1.20. The van der Waals surface area contributed by atoms with Gasteiger partial charge in [0.25, 0.3) is 0 Å². The van der Waals surface area contributed by atoms with Gasteiger partial charge in [0.2, 0.25) is 0 Å². The fraction of sp³-hybridized carbons (Fsp3) is 0. The van der Waals surface area contributed by atoms with E-state index in [1.165, 1.54) is 82.1 Å². The van der Waals surface area contributed by atoms with Crippen molar-refractivity contribution in [2.45, 2.75) is 0 Å². The summed E-state index contributed by atoms with van der Waals surface area (Å²) >= 11 is 0. The quantitative estimate of drug-likeness (QED) is 0.195. The minimum absolute atomic E-state index is 1.18. The van der Waals surface area contributed by atoms with Crippen LogP contribution in [0.3, 0.4) is 0 Å². The standard InChI is InChI=1S/C42H27N/c1-3-9-28(10-4-1)30-17-15-29-16-18-31(25-35(29)24-30)32-21-22-37-33(23-32)19-20-34-26-42-40(27-39(34)37)38-13-7-8-14-41(38)43(42)36-11-5-2-6-12-36/h1-27H. The highest BCUT2D eigenvalue weighted by Crippen LogP contribution is 2.38. The first-order valence-corrected chi connectivity index (χ1v) is 14.8. The molecule has 1 aromatic heterocycles. The number of rotatable bonds is 3. The van der Waals surface area contributed by atoms with Crippen LogP contribution in [0.25, 0.3) is 82.1 Å². The largest absolute Gasteiger partial charge is 0.309 e. The van der Waals surface area contributed by atoms with Crippen molar-refractivity contribution in [1.82, 2.24) is 4.57 Å². The van der Waals surface area contributed by atoms with Crippen molar-refractivity contribution in [2.24, 2.45) is 0 Å². The van der Waals surface area contributed by atoms with E-state index in [2.05, 4.69) is 168 Å². The van der Waals surface area contributed by atoms with E-state index in [0.717, 1.165) is 0 Å². The van der Waals surface area contributed by atoms with Gasteiger partial charge in [-0.2, -0.15) is 0 Å². The third kappa shape index (κ3) is 3.86. The van der Waals surface area contributed by atoms with Crippen molar-refractivity contribution in [1.29, 1.82) is 0 Å².